The van der Waals surface area contributed by atoms with Crippen LogP contribution in [0.5, 0.6) is 0 Å². The van der Waals surface area contributed by atoms with Crippen LogP contribution in [0.25, 0.3) is 22.0 Å². The molecule has 1 amide bonds. The summed E-state index contributed by atoms with van der Waals surface area (Å²) in [4.78, 5) is 15.0. The highest BCUT2D eigenvalue weighted by atomic mass is 16.2. The zero-order valence-corrected chi connectivity index (χ0v) is 15.9. The molecule has 4 nitrogen and oxygen atoms in total. The summed E-state index contributed by atoms with van der Waals surface area (Å²) in [6, 6.07) is 16.0. The molecule has 0 fully saturated rings. The Labute approximate surface area is 159 Å². The van der Waals surface area contributed by atoms with Gasteiger partial charge < -0.3 is 4.90 Å². The van der Waals surface area contributed by atoms with Crippen molar-refractivity contribution in [3.05, 3.63) is 71.9 Å². The molecule has 0 saturated carbocycles. The van der Waals surface area contributed by atoms with E-state index >= 15 is 0 Å². The Morgan fingerprint density at radius 3 is 2.63 bits per heavy atom. The summed E-state index contributed by atoms with van der Waals surface area (Å²) in [6.07, 6.45) is 4.21. The Morgan fingerprint density at radius 2 is 1.85 bits per heavy atom. The van der Waals surface area contributed by atoms with E-state index in [1.54, 1.807) is 0 Å². The second kappa shape index (κ2) is 6.95. The highest BCUT2D eigenvalue weighted by Crippen LogP contribution is 2.29. The van der Waals surface area contributed by atoms with Crippen molar-refractivity contribution in [2.75, 3.05) is 6.54 Å². The number of aryl methyl sites for hydroxylation is 1. The van der Waals surface area contributed by atoms with Crippen LogP contribution in [0.2, 0.25) is 0 Å². The van der Waals surface area contributed by atoms with Crippen molar-refractivity contribution < 1.29 is 4.79 Å². The molecule has 1 atom stereocenters. The molecule has 0 radical (unpaired) electrons. The van der Waals surface area contributed by atoms with E-state index in [1.165, 1.54) is 0 Å². The molecule has 4 heteroatoms. The fourth-order valence-corrected chi connectivity index (χ4v) is 3.76. The van der Waals surface area contributed by atoms with Crippen molar-refractivity contribution >= 4 is 16.7 Å². The molecule has 136 valence electrons. The molecule has 4 rings (SSSR count). The molecule has 0 spiro atoms. The van der Waals surface area contributed by atoms with E-state index in [1.807, 2.05) is 48.2 Å². The van der Waals surface area contributed by atoms with Gasteiger partial charge in [0.15, 0.2) is 0 Å². The Morgan fingerprint density at radius 1 is 1.07 bits per heavy atom. The number of fused-ring (bicyclic) bond motifs is 1. The van der Waals surface area contributed by atoms with Crippen LogP contribution < -0.4 is 0 Å². The number of aromatic nitrogens is 2. The van der Waals surface area contributed by atoms with Crippen LogP contribution in [0, 0.1) is 12.8 Å². The van der Waals surface area contributed by atoms with Crippen LogP contribution in [-0.4, -0.2) is 33.6 Å². The van der Waals surface area contributed by atoms with E-state index < -0.39 is 0 Å². The largest absolute Gasteiger partial charge is 0.328 e. The maximum absolute atomic E-state index is 13.1. The summed E-state index contributed by atoms with van der Waals surface area (Å²) in [5, 5.41) is 10.9. The summed E-state index contributed by atoms with van der Waals surface area (Å²) >= 11 is 0. The fourth-order valence-electron chi connectivity index (χ4n) is 3.76. The lowest BCUT2D eigenvalue weighted by atomic mass is 10.0. The molecular weight excluding hydrogens is 334 g/mol. The predicted octanol–water partition coefficient (Wildman–Crippen LogP) is 4.64. The Balaban J connectivity index is 1.74. The van der Waals surface area contributed by atoms with Crippen molar-refractivity contribution in [3.63, 3.8) is 0 Å². The van der Waals surface area contributed by atoms with Crippen LogP contribution in [-0.2, 0) is 0 Å². The molecule has 0 bridgehead atoms. The van der Waals surface area contributed by atoms with Crippen LogP contribution in [0.3, 0.4) is 0 Å². The number of amides is 1. The number of carbonyl (C=O) groups is 1. The number of hydrogen-bond acceptors (Lipinski definition) is 3. The van der Waals surface area contributed by atoms with Gasteiger partial charge in [-0.25, -0.2) is 0 Å². The van der Waals surface area contributed by atoms with E-state index in [-0.39, 0.29) is 11.9 Å². The van der Waals surface area contributed by atoms with Gasteiger partial charge in [0, 0.05) is 28.4 Å². The van der Waals surface area contributed by atoms with Crippen molar-refractivity contribution in [1.29, 1.82) is 0 Å². The van der Waals surface area contributed by atoms with E-state index in [9.17, 15) is 4.79 Å². The Kier molecular flexibility index (Phi) is 4.48. The molecule has 0 N–H and O–H groups in total. The van der Waals surface area contributed by atoms with Gasteiger partial charge in [0.1, 0.15) is 5.69 Å². The van der Waals surface area contributed by atoms with Gasteiger partial charge in [-0.05, 0) is 25.0 Å². The van der Waals surface area contributed by atoms with Crippen LogP contribution in [0.15, 0.2) is 60.7 Å². The van der Waals surface area contributed by atoms with Gasteiger partial charge in [0.2, 0.25) is 0 Å². The maximum Gasteiger partial charge on any atom is 0.254 e. The van der Waals surface area contributed by atoms with Gasteiger partial charge in [-0.1, -0.05) is 62.4 Å². The number of rotatable bonds is 3. The van der Waals surface area contributed by atoms with Gasteiger partial charge in [-0.2, -0.15) is 5.10 Å². The molecule has 1 aliphatic rings. The summed E-state index contributed by atoms with van der Waals surface area (Å²) in [5.74, 6) is 0.452. The molecule has 1 aromatic heterocycles. The average Bonchev–Trinajstić information content (AvgIpc) is 3.18. The molecule has 27 heavy (non-hydrogen) atoms. The van der Waals surface area contributed by atoms with Crippen LogP contribution >= 0.6 is 0 Å². The first-order valence-electron chi connectivity index (χ1n) is 9.36. The molecule has 2 aromatic carbocycles. The molecular formula is C23H23N3O. The lowest BCUT2D eigenvalue weighted by Gasteiger charge is -2.27. The Bertz CT molecular complexity index is 1040. The zero-order valence-electron chi connectivity index (χ0n) is 15.9. The third kappa shape index (κ3) is 3.12. The quantitative estimate of drug-likeness (QED) is 0.642. The standard InChI is InChI=1S/C23H23N3O/c1-15(2)21-12-7-13-26(21)23(27)18-9-6-8-17(14-18)22-20-11-5-4-10-19(20)16(3)24-25-22/h4-12,14-15,21H,13H2,1-3H3/t21-/m1/s1. The topological polar surface area (TPSA) is 46.1 Å². The highest BCUT2D eigenvalue weighted by molar-refractivity contribution is 5.99. The first-order valence-corrected chi connectivity index (χ1v) is 9.36. The summed E-state index contributed by atoms with van der Waals surface area (Å²) in [5.41, 5.74) is 3.32. The zero-order chi connectivity index (χ0) is 19.0. The number of nitrogens with zero attached hydrogens (tertiary/aromatic N) is 3. The van der Waals surface area contributed by atoms with Gasteiger partial charge in [-0.3, -0.25) is 4.79 Å². The van der Waals surface area contributed by atoms with E-state index in [0.29, 0.717) is 18.0 Å². The summed E-state index contributed by atoms with van der Waals surface area (Å²) in [7, 11) is 0. The monoisotopic (exact) mass is 357 g/mol. The predicted molar refractivity (Wildman–Crippen MR) is 109 cm³/mol. The smallest absolute Gasteiger partial charge is 0.254 e. The average molecular weight is 357 g/mol. The van der Waals surface area contributed by atoms with Gasteiger partial charge in [-0.15, -0.1) is 5.10 Å². The fraction of sp³-hybridized carbons (Fsp3) is 0.261. The number of benzene rings is 2. The number of carbonyl (C=O) groups excluding carboxylic acids is 1. The molecule has 1 aliphatic heterocycles. The van der Waals surface area contributed by atoms with Gasteiger partial charge >= 0.3 is 0 Å². The number of hydrogen-bond donors (Lipinski definition) is 0. The van der Waals surface area contributed by atoms with Crippen molar-refractivity contribution in [1.82, 2.24) is 15.1 Å². The van der Waals surface area contributed by atoms with Crippen LogP contribution in [0.4, 0.5) is 0 Å². The van der Waals surface area contributed by atoms with Crippen molar-refractivity contribution in [3.8, 4) is 11.3 Å². The third-order valence-corrected chi connectivity index (χ3v) is 5.19. The lowest BCUT2D eigenvalue weighted by Crippen LogP contribution is -2.39. The molecule has 0 aliphatic carbocycles. The minimum absolute atomic E-state index is 0.0601. The normalized spacial score (nSPS) is 16.4. The van der Waals surface area contributed by atoms with E-state index in [2.05, 4.69) is 48.3 Å². The van der Waals surface area contributed by atoms with E-state index in [4.69, 9.17) is 0 Å². The Hall–Kier alpha value is -3.01. The van der Waals surface area contributed by atoms with Gasteiger partial charge in [0.25, 0.3) is 5.91 Å². The van der Waals surface area contributed by atoms with Gasteiger partial charge in [0.05, 0.1) is 11.7 Å². The molecule has 0 unspecified atom stereocenters. The minimum atomic E-state index is 0.0601. The van der Waals surface area contributed by atoms with Crippen LogP contribution in [0.1, 0.15) is 29.9 Å². The second-order valence-corrected chi connectivity index (χ2v) is 7.38. The second-order valence-electron chi connectivity index (χ2n) is 7.38. The highest BCUT2D eigenvalue weighted by Gasteiger charge is 2.28. The van der Waals surface area contributed by atoms with E-state index in [0.717, 1.165) is 27.7 Å². The van der Waals surface area contributed by atoms with Crippen molar-refractivity contribution in [2.45, 2.75) is 26.8 Å². The first-order chi connectivity index (χ1) is 13.1. The molecule has 3 aromatic rings. The molecule has 0 saturated heterocycles. The summed E-state index contributed by atoms with van der Waals surface area (Å²) in [6.45, 7) is 6.92. The minimum Gasteiger partial charge on any atom is -0.328 e. The van der Waals surface area contributed by atoms with Crippen molar-refractivity contribution in [2.24, 2.45) is 5.92 Å². The third-order valence-electron chi connectivity index (χ3n) is 5.19. The summed E-state index contributed by atoms with van der Waals surface area (Å²) < 4.78 is 0. The maximum atomic E-state index is 13.1. The first kappa shape index (κ1) is 17.4. The molecule has 2 heterocycles. The lowest BCUT2D eigenvalue weighted by molar-refractivity contribution is 0.0720. The SMILES string of the molecule is Cc1nnc(-c2cccc(C(=O)N3CC=C[C@@H]3C(C)C)c2)c2ccccc12.